The summed E-state index contributed by atoms with van der Waals surface area (Å²) >= 11 is 0. The highest BCUT2D eigenvalue weighted by Gasteiger charge is 2.15. The van der Waals surface area contributed by atoms with Crippen molar-refractivity contribution in [1.82, 2.24) is 35.1 Å². The second kappa shape index (κ2) is 9.25. The van der Waals surface area contributed by atoms with Crippen LogP contribution < -0.4 is 4.74 Å². The van der Waals surface area contributed by atoms with Gasteiger partial charge in [0.25, 0.3) is 0 Å². The van der Waals surface area contributed by atoms with Gasteiger partial charge in [-0.1, -0.05) is 30.3 Å². The number of benzene rings is 1. The van der Waals surface area contributed by atoms with Crippen molar-refractivity contribution >= 4 is 22.1 Å². The van der Waals surface area contributed by atoms with Crippen LogP contribution in [0.25, 0.3) is 55.7 Å². The molecule has 0 saturated carbocycles. The molecule has 6 aromatic heterocycles. The first kappa shape index (κ1) is 21.9. The molecule has 0 amide bonds. The van der Waals surface area contributed by atoms with E-state index in [4.69, 9.17) is 4.74 Å². The smallest absolute Gasteiger partial charge is 0.181 e. The third kappa shape index (κ3) is 4.04. The summed E-state index contributed by atoms with van der Waals surface area (Å²) in [6.07, 6.45) is 10.7. The van der Waals surface area contributed by atoms with Crippen molar-refractivity contribution in [3.05, 3.63) is 109 Å². The van der Waals surface area contributed by atoms with Crippen molar-refractivity contribution < 1.29 is 4.74 Å². The molecule has 0 bridgehead atoms. The van der Waals surface area contributed by atoms with Gasteiger partial charge in [0.2, 0.25) is 0 Å². The van der Waals surface area contributed by atoms with Crippen LogP contribution >= 0.6 is 0 Å². The quantitative estimate of drug-likeness (QED) is 0.284. The van der Waals surface area contributed by atoms with Crippen LogP contribution in [-0.4, -0.2) is 35.1 Å². The van der Waals surface area contributed by atoms with Crippen molar-refractivity contribution in [2.24, 2.45) is 0 Å². The molecular formula is C30H21N7O. The van der Waals surface area contributed by atoms with Crippen molar-refractivity contribution in [2.45, 2.75) is 6.61 Å². The van der Waals surface area contributed by atoms with Crippen LogP contribution in [0, 0.1) is 0 Å². The second-order valence-electron chi connectivity index (χ2n) is 8.92. The van der Waals surface area contributed by atoms with Gasteiger partial charge in [0.05, 0.1) is 17.6 Å². The fourth-order valence-corrected chi connectivity index (χ4v) is 4.60. The molecule has 7 rings (SSSR count). The maximum atomic E-state index is 5.98. The van der Waals surface area contributed by atoms with Crippen LogP contribution in [0.4, 0.5) is 0 Å². The summed E-state index contributed by atoms with van der Waals surface area (Å²) in [7, 11) is 0. The largest absolute Gasteiger partial charge is 0.487 e. The van der Waals surface area contributed by atoms with Crippen LogP contribution in [-0.2, 0) is 6.61 Å². The Morgan fingerprint density at radius 2 is 1.58 bits per heavy atom. The molecule has 0 aliphatic carbocycles. The summed E-state index contributed by atoms with van der Waals surface area (Å²) in [5, 5.41) is 9.51. The Bertz CT molecular complexity index is 1880. The maximum Gasteiger partial charge on any atom is 0.181 e. The van der Waals surface area contributed by atoms with Gasteiger partial charge in [-0.3, -0.25) is 15.1 Å². The van der Waals surface area contributed by atoms with E-state index >= 15 is 0 Å². The summed E-state index contributed by atoms with van der Waals surface area (Å²) in [6.45, 7) is 0.477. The first-order chi connectivity index (χ1) is 18.8. The molecular weight excluding hydrogens is 474 g/mol. The van der Waals surface area contributed by atoms with Gasteiger partial charge >= 0.3 is 0 Å². The molecule has 0 saturated heterocycles. The number of rotatable bonds is 6. The number of fused-ring (bicyclic) bond motifs is 2. The van der Waals surface area contributed by atoms with E-state index < -0.39 is 0 Å². The van der Waals surface area contributed by atoms with Crippen molar-refractivity contribution in [3.8, 4) is 39.4 Å². The van der Waals surface area contributed by atoms with Gasteiger partial charge in [-0.25, -0.2) is 9.97 Å². The van der Waals surface area contributed by atoms with E-state index in [9.17, 15) is 0 Å². The molecule has 0 fully saturated rings. The molecule has 8 heteroatoms. The summed E-state index contributed by atoms with van der Waals surface area (Å²) < 4.78 is 5.98. The molecule has 2 N–H and O–H groups in total. The van der Waals surface area contributed by atoms with Crippen LogP contribution in [0.5, 0.6) is 5.75 Å². The molecule has 8 nitrogen and oxygen atoms in total. The van der Waals surface area contributed by atoms with E-state index in [1.165, 1.54) is 0 Å². The number of pyridine rings is 4. The Hall–Kier alpha value is -5.37. The van der Waals surface area contributed by atoms with Gasteiger partial charge in [0.15, 0.2) is 5.65 Å². The molecule has 0 atom stereocenters. The van der Waals surface area contributed by atoms with Gasteiger partial charge in [-0.05, 0) is 53.1 Å². The maximum absolute atomic E-state index is 5.98. The molecule has 6 heterocycles. The molecule has 7 aromatic rings. The zero-order chi connectivity index (χ0) is 25.3. The Kier molecular flexibility index (Phi) is 5.33. The lowest BCUT2D eigenvalue weighted by Crippen LogP contribution is -1.96. The molecule has 0 radical (unpaired) electrons. The van der Waals surface area contributed by atoms with Crippen LogP contribution in [0.15, 0.2) is 104 Å². The summed E-state index contributed by atoms with van der Waals surface area (Å²) in [5.74, 6) is 0.698. The lowest BCUT2D eigenvalue weighted by Gasteiger charge is -2.08. The molecule has 0 spiro atoms. The number of hydrogen-bond donors (Lipinski definition) is 2. The van der Waals surface area contributed by atoms with E-state index in [0.29, 0.717) is 18.0 Å². The van der Waals surface area contributed by atoms with Crippen molar-refractivity contribution in [3.63, 3.8) is 0 Å². The highest BCUT2D eigenvalue weighted by atomic mass is 16.5. The number of nitrogens with zero attached hydrogens (tertiary/aromatic N) is 5. The fraction of sp³-hybridized carbons (Fsp3) is 0.0333. The van der Waals surface area contributed by atoms with E-state index in [1.807, 2.05) is 67.0 Å². The number of aromatic amines is 2. The minimum Gasteiger partial charge on any atom is -0.487 e. The SMILES string of the molecule is c1ccc(COc2cncc(-c3cnc4n[nH]c(-c5cc6c(-c7ccncc7)ccnc6[nH]5)c4c3)c2)cc1. The summed E-state index contributed by atoms with van der Waals surface area (Å²) in [5.41, 5.74) is 8.26. The van der Waals surface area contributed by atoms with Crippen LogP contribution in [0.1, 0.15) is 5.56 Å². The Labute approximate surface area is 217 Å². The van der Waals surface area contributed by atoms with Gasteiger partial charge in [-0.15, -0.1) is 0 Å². The van der Waals surface area contributed by atoms with Crippen molar-refractivity contribution in [1.29, 1.82) is 0 Å². The fourth-order valence-electron chi connectivity index (χ4n) is 4.60. The third-order valence-corrected chi connectivity index (χ3v) is 6.50. The number of hydrogen-bond acceptors (Lipinski definition) is 6. The highest BCUT2D eigenvalue weighted by molar-refractivity contribution is 5.99. The Morgan fingerprint density at radius 1 is 0.711 bits per heavy atom. The molecule has 0 unspecified atom stereocenters. The van der Waals surface area contributed by atoms with E-state index in [0.717, 1.165) is 55.6 Å². The summed E-state index contributed by atoms with van der Waals surface area (Å²) in [4.78, 5) is 21.1. The first-order valence-corrected chi connectivity index (χ1v) is 12.2. The standard InChI is InChI=1S/C30H21N7O/c1-2-4-19(5-3-1)18-38-23-12-21(15-32-17-23)22-13-26-28(36-37-30(26)34-16-22)27-14-25-24(8-11-33-29(25)35-27)20-6-9-31-10-7-20/h1-17H,18H2,(H,33,35)(H,34,36,37). The number of H-pyrrole nitrogens is 2. The number of ether oxygens (including phenoxy) is 1. The monoisotopic (exact) mass is 495 g/mol. The van der Waals surface area contributed by atoms with E-state index in [2.05, 4.69) is 47.2 Å². The zero-order valence-electron chi connectivity index (χ0n) is 20.2. The second-order valence-corrected chi connectivity index (χ2v) is 8.92. The zero-order valence-corrected chi connectivity index (χ0v) is 20.2. The Balaban J connectivity index is 1.24. The first-order valence-electron chi connectivity index (χ1n) is 12.2. The molecule has 0 aliphatic rings. The molecule has 38 heavy (non-hydrogen) atoms. The number of nitrogens with one attached hydrogen (secondary N) is 2. The normalized spacial score (nSPS) is 11.3. The Morgan fingerprint density at radius 3 is 2.47 bits per heavy atom. The highest BCUT2D eigenvalue weighted by Crippen LogP contribution is 2.34. The van der Waals surface area contributed by atoms with Crippen LogP contribution in [0.2, 0.25) is 0 Å². The van der Waals surface area contributed by atoms with Crippen LogP contribution in [0.3, 0.4) is 0 Å². The van der Waals surface area contributed by atoms with E-state index in [1.54, 1.807) is 24.8 Å². The van der Waals surface area contributed by atoms with Crippen molar-refractivity contribution in [2.75, 3.05) is 0 Å². The average Bonchev–Trinajstić information content (AvgIpc) is 3.61. The van der Waals surface area contributed by atoms with Gasteiger partial charge < -0.3 is 9.72 Å². The molecule has 0 aliphatic heterocycles. The predicted octanol–water partition coefficient (Wildman–Crippen LogP) is 6.20. The molecule has 1 aromatic carbocycles. The summed E-state index contributed by atoms with van der Waals surface area (Å²) in [6, 6.07) is 22.2. The predicted molar refractivity (Wildman–Crippen MR) is 146 cm³/mol. The lowest BCUT2D eigenvalue weighted by atomic mass is 10.0. The lowest BCUT2D eigenvalue weighted by molar-refractivity contribution is 0.305. The number of aromatic nitrogens is 7. The topological polar surface area (TPSA) is 105 Å². The van der Waals surface area contributed by atoms with Gasteiger partial charge in [0.1, 0.15) is 18.0 Å². The minimum atomic E-state index is 0.477. The molecule has 182 valence electrons. The van der Waals surface area contributed by atoms with Gasteiger partial charge in [0, 0.05) is 52.9 Å². The van der Waals surface area contributed by atoms with E-state index in [-0.39, 0.29) is 0 Å². The third-order valence-electron chi connectivity index (χ3n) is 6.50. The minimum absolute atomic E-state index is 0.477. The van der Waals surface area contributed by atoms with Gasteiger partial charge in [-0.2, -0.15) is 5.10 Å². The average molecular weight is 496 g/mol.